The fraction of sp³-hybridized carbons (Fsp3) is 0.600. The van der Waals surface area contributed by atoms with Gasteiger partial charge in [0, 0.05) is 12.7 Å². The molecule has 2 atom stereocenters. The van der Waals surface area contributed by atoms with Gasteiger partial charge in [0.15, 0.2) is 0 Å². The van der Waals surface area contributed by atoms with Crippen molar-refractivity contribution in [1.29, 1.82) is 0 Å². The summed E-state index contributed by atoms with van der Waals surface area (Å²) in [4.78, 5) is 0. The van der Waals surface area contributed by atoms with E-state index in [1.165, 1.54) is 0 Å². The fourth-order valence-corrected chi connectivity index (χ4v) is 2.10. The molecule has 0 amide bonds. The minimum atomic E-state index is -0.397. The molecule has 0 saturated carbocycles. The third kappa shape index (κ3) is 3.61. The van der Waals surface area contributed by atoms with Crippen LogP contribution in [-0.4, -0.2) is 26.4 Å². The van der Waals surface area contributed by atoms with Gasteiger partial charge in [-0.15, -0.1) is 0 Å². The van der Waals surface area contributed by atoms with Gasteiger partial charge in [-0.2, -0.15) is 0 Å². The first kappa shape index (κ1) is 15.8. The molecule has 19 heavy (non-hydrogen) atoms. The van der Waals surface area contributed by atoms with Crippen LogP contribution in [0.15, 0.2) is 18.2 Å². The Balaban J connectivity index is 3.13. The zero-order valence-corrected chi connectivity index (χ0v) is 12.5. The molecule has 2 N–H and O–H groups in total. The van der Waals surface area contributed by atoms with Gasteiger partial charge in [-0.1, -0.05) is 6.92 Å². The molecule has 0 fully saturated rings. The van der Waals surface area contributed by atoms with Gasteiger partial charge in [-0.3, -0.25) is 0 Å². The molecule has 0 aromatic heterocycles. The topological polar surface area (TPSA) is 53.7 Å². The van der Waals surface area contributed by atoms with Crippen molar-refractivity contribution in [3.8, 4) is 11.5 Å². The summed E-state index contributed by atoms with van der Waals surface area (Å²) in [6.45, 7) is 6.73. The number of hydrogen-bond donors (Lipinski definition) is 1. The molecule has 1 aromatic rings. The average Bonchev–Trinajstić information content (AvgIpc) is 2.45. The summed E-state index contributed by atoms with van der Waals surface area (Å²) in [7, 11) is 3.26. The van der Waals surface area contributed by atoms with Gasteiger partial charge in [-0.05, 0) is 38.0 Å². The Kier molecular flexibility index (Phi) is 5.63. The molecule has 4 nitrogen and oxygen atoms in total. The van der Waals surface area contributed by atoms with E-state index in [0.717, 1.165) is 23.5 Å². The smallest absolute Gasteiger partial charge is 0.122 e. The maximum Gasteiger partial charge on any atom is 0.122 e. The standard InChI is InChI=1S/C15H25NO3/c1-6-15(3,19-7-2)14(16)11-8-12(17-4)10-13(9-11)18-5/h8-10,14H,6-7,16H2,1-5H3. The highest BCUT2D eigenvalue weighted by atomic mass is 16.5. The number of nitrogens with two attached hydrogens (primary N) is 1. The zero-order valence-electron chi connectivity index (χ0n) is 12.5. The van der Waals surface area contributed by atoms with Gasteiger partial charge >= 0.3 is 0 Å². The molecule has 0 saturated heterocycles. The molecule has 4 heteroatoms. The molecule has 0 radical (unpaired) electrons. The van der Waals surface area contributed by atoms with Crippen LogP contribution < -0.4 is 15.2 Å². The molecule has 0 bridgehead atoms. The van der Waals surface area contributed by atoms with E-state index in [0.29, 0.717) is 6.61 Å². The first-order chi connectivity index (χ1) is 9.00. The lowest BCUT2D eigenvalue weighted by atomic mass is 9.88. The van der Waals surface area contributed by atoms with E-state index in [1.807, 2.05) is 32.0 Å². The maximum atomic E-state index is 6.38. The van der Waals surface area contributed by atoms with E-state index in [4.69, 9.17) is 19.9 Å². The first-order valence-corrected chi connectivity index (χ1v) is 6.63. The Morgan fingerprint density at radius 1 is 1.11 bits per heavy atom. The van der Waals surface area contributed by atoms with Crippen LogP contribution in [0.25, 0.3) is 0 Å². The predicted molar refractivity (Wildman–Crippen MR) is 76.8 cm³/mol. The largest absolute Gasteiger partial charge is 0.497 e. The number of benzene rings is 1. The van der Waals surface area contributed by atoms with E-state index in [-0.39, 0.29) is 6.04 Å². The third-order valence-electron chi connectivity index (χ3n) is 3.57. The Morgan fingerprint density at radius 2 is 1.63 bits per heavy atom. The molecule has 1 rings (SSSR count). The van der Waals surface area contributed by atoms with Crippen molar-refractivity contribution in [3.63, 3.8) is 0 Å². The average molecular weight is 267 g/mol. The van der Waals surface area contributed by atoms with Gasteiger partial charge in [0.2, 0.25) is 0 Å². The van der Waals surface area contributed by atoms with Crippen LogP contribution in [0.4, 0.5) is 0 Å². The summed E-state index contributed by atoms with van der Waals surface area (Å²) in [6, 6.07) is 5.46. The van der Waals surface area contributed by atoms with Crippen LogP contribution in [0.3, 0.4) is 0 Å². The molecule has 0 aliphatic rings. The van der Waals surface area contributed by atoms with Crippen LogP contribution in [0.1, 0.15) is 38.8 Å². The van der Waals surface area contributed by atoms with Crippen molar-refractivity contribution in [1.82, 2.24) is 0 Å². The van der Waals surface area contributed by atoms with Crippen molar-refractivity contribution < 1.29 is 14.2 Å². The quantitative estimate of drug-likeness (QED) is 0.825. The monoisotopic (exact) mass is 267 g/mol. The first-order valence-electron chi connectivity index (χ1n) is 6.63. The lowest BCUT2D eigenvalue weighted by Gasteiger charge is -2.34. The number of methoxy groups -OCH3 is 2. The molecule has 1 aromatic carbocycles. The number of hydrogen-bond acceptors (Lipinski definition) is 4. The van der Waals surface area contributed by atoms with Crippen LogP contribution in [-0.2, 0) is 4.74 Å². The molecule has 0 aliphatic carbocycles. The molecule has 2 unspecified atom stereocenters. The molecule has 0 aliphatic heterocycles. The Bertz CT molecular complexity index is 386. The minimum absolute atomic E-state index is 0.235. The lowest BCUT2D eigenvalue weighted by Crippen LogP contribution is -2.40. The SMILES string of the molecule is CCOC(C)(CC)C(N)c1cc(OC)cc(OC)c1. The zero-order chi connectivity index (χ0) is 14.5. The van der Waals surface area contributed by atoms with E-state index in [1.54, 1.807) is 14.2 Å². The minimum Gasteiger partial charge on any atom is -0.497 e. The van der Waals surface area contributed by atoms with Crippen molar-refractivity contribution in [2.45, 2.75) is 38.8 Å². The van der Waals surface area contributed by atoms with Crippen LogP contribution >= 0.6 is 0 Å². The summed E-state index contributed by atoms with van der Waals surface area (Å²) in [5.74, 6) is 1.47. The molecule has 108 valence electrons. The summed E-state index contributed by atoms with van der Waals surface area (Å²) in [6.07, 6.45) is 0.835. The fourth-order valence-electron chi connectivity index (χ4n) is 2.10. The maximum absolute atomic E-state index is 6.38. The van der Waals surface area contributed by atoms with Crippen molar-refractivity contribution in [2.24, 2.45) is 5.73 Å². The molecular weight excluding hydrogens is 242 g/mol. The summed E-state index contributed by atoms with van der Waals surface area (Å²) in [5.41, 5.74) is 6.94. The van der Waals surface area contributed by atoms with Crippen LogP contribution in [0, 0.1) is 0 Å². The van der Waals surface area contributed by atoms with Crippen LogP contribution in [0.2, 0.25) is 0 Å². The predicted octanol–water partition coefficient (Wildman–Crippen LogP) is 2.91. The second kappa shape index (κ2) is 6.78. The van der Waals surface area contributed by atoms with Crippen molar-refractivity contribution in [2.75, 3.05) is 20.8 Å². The second-order valence-corrected chi connectivity index (χ2v) is 4.72. The highest BCUT2D eigenvalue weighted by Gasteiger charge is 2.32. The van der Waals surface area contributed by atoms with E-state index >= 15 is 0 Å². The Hall–Kier alpha value is -1.26. The van der Waals surface area contributed by atoms with E-state index in [9.17, 15) is 0 Å². The Labute approximate surface area is 115 Å². The third-order valence-corrected chi connectivity index (χ3v) is 3.57. The summed E-state index contributed by atoms with van der Waals surface area (Å²) >= 11 is 0. The van der Waals surface area contributed by atoms with Crippen molar-refractivity contribution in [3.05, 3.63) is 23.8 Å². The lowest BCUT2D eigenvalue weighted by molar-refractivity contribution is -0.0473. The van der Waals surface area contributed by atoms with Gasteiger partial charge < -0.3 is 19.9 Å². The normalized spacial score (nSPS) is 15.7. The molecular formula is C15H25NO3. The van der Waals surface area contributed by atoms with Gasteiger partial charge in [0.1, 0.15) is 11.5 Å². The van der Waals surface area contributed by atoms with Gasteiger partial charge in [-0.25, -0.2) is 0 Å². The molecule has 0 spiro atoms. The summed E-state index contributed by atoms with van der Waals surface area (Å²) in [5, 5.41) is 0. The van der Waals surface area contributed by atoms with Gasteiger partial charge in [0.25, 0.3) is 0 Å². The number of rotatable bonds is 7. The van der Waals surface area contributed by atoms with Gasteiger partial charge in [0.05, 0.1) is 25.9 Å². The van der Waals surface area contributed by atoms with Crippen LogP contribution in [0.5, 0.6) is 11.5 Å². The van der Waals surface area contributed by atoms with Crippen molar-refractivity contribution >= 4 is 0 Å². The number of ether oxygens (including phenoxy) is 3. The molecule has 0 heterocycles. The van der Waals surface area contributed by atoms with E-state index in [2.05, 4.69) is 6.92 Å². The Morgan fingerprint density at radius 3 is 2.00 bits per heavy atom. The highest BCUT2D eigenvalue weighted by Crippen LogP contribution is 2.34. The second-order valence-electron chi connectivity index (χ2n) is 4.72. The summed E-state index contributed by atoms with van der Waals surface area (Å²) < 4.78 is 16.4. The highest BCUT2D eigenvalue weighted by molar-refractivity contribution is 5.40. The van der Waals surface area contributed by atoms with E-state index < -0.39 is 5.60 Å².